The van der Waals surface area contributed by atoms with Gasteiger partial charge in [-0.25, -0.2) is 4.79 Å². The van der Waals surface area contributed by atoms with E-state index in [2.05, 4.69) is 22.9 Å². The highest BCUT2D eigenvalue weighted by atomic mass is 35.5. The third-order valence-electron chi connectivity index (χ3n) is 3.64. The van der Waals surface area contributed by atoms with Gasteiger partial charge in [-0.1, -0.05) is 23.7 Å². The van der Waals surface area contributed by atoms with Crippen molar-refractivity contribution in [1.82, 2.24) is 4.98 Å². The maximum atomic E-state index is 11.7. The fourth-order valence-corrected chi connectivity index (χ4v) is 2.83. The van der Waals surface area contributed by atoms with Gasteiger partial charge in [0.1, 0.15) is 11.5 Å². The number of nitrogens with one attached hydrogen (secondary N) is 1. The number of hydrogen-bond acceptors (Lipinski definition) is 6. The minimum absolute atomic E-state index is 0.00217. The molecule has 2 rings (SSSR count). The van der Waals surface area contributed by atoms with E-state index in [1.54, 1.807) is 12.1 Å². The van der Waals surface area contributed by atoms with Crippen LogP contribution in [0.3, 0.4) is 0 Å². The molecule has 7 nitrogen and oxygen atoms in total. The van der Waals surface area contributed by atoms with Crippen LogP contribution in [0.4, 0.5) is 5.82 Å². The van der Waals surface area contributed by atoms with Crippen LogP contribution in [0.25, 0.3) is 11.1 Å². The average Bonchev–Trinajstić information content (AvgIpc) is 2.95. The molecule has 0 saturated heterocycles. The summed E-state index contributed by atoms with van der Waals surface area (Å²) in [6.45, 7) is 4.95. The first-order valence-electron chi connectivity index (χ1n) is 7.21. The predicted octanol–water partition coefficient (Wildman–Crippen LogP) is 1.98. The molecule has 0 aliphatic carbocycles. The first kappa shape index (κ1) is 20.7. The Labute approximate surface area is 150 Å². The number of halogens is 1. The van der Waals surface area contributed by atoms with E-state index in [0.717, 1.165) is 0 Å². The molecule has 0 amide bonds. The summed E-state index contributed by atoms with van der Waals surface area (Å²) in [5, 5.41) is 28.6. The molecular formula is C17H21ClN2O5. The summed E-state index contributed by atoms with van der Waals surface area (Å²) in [5.41, 5.74) is 7.96. The number of hydrogen-bond donors (Lipinski definition) is 5. The monoisotopic (exact) mass is 368 g/mol. The first-order chi connectivity index (χ1) is 12.0. The number of rotatable bonds is 5. The zero-order chi connectivity index (χ0) is 19.1. The minimum atomic E-state index is -0.673. The van der Waals surface area contributed by atoms with Crippen molar-refractivity contribution in [3.05, 3.63) is 52.7 Å². The van der Waals surface area contributed by atoms with E-state index >= 15 is 0 Å². The second-order valence-electron chi connectivity index (χ2n) is 4.80. The maximum Gasteiger partial charge on any atom is 0.356 e. The summed E-state index contributed by atoms with van der Waals surface area (Å²) < 4.78 is 4.63. The number of carbonyl (C=O) groups excluding carboxylic acids is 1. The van der Waals surface area contributed by atoms with Gasteiger partial charge in [0, 0.05) is 5.56 Å². The number of esters is 1. The molecule has 0 radical (unpaired) electrons. The van der Waals surface area contributed by atoms with E-state index in [-0.39, 0.29) is 29.7 Å². The molecule has 0 saturated carbocycles. The maximum absolute atomic E-state index is 11.7. The zero-order valence-corrected chi connectivity index (χ0v) is 14.6. The number of anilines is 1. The lowest BCUT2D eigenvalue weighted by Gasteiger charge is -2.15. The van der Waals surface area contributed by atoms with Gasteiger partial charge in [-0.2, -0.15) is 0 Å². The van der Waals surface area contributed by atoms with Crippen LogP contribution in [-0.2, 0) is 24.6 Å². The second kappa shape index (κ2) is 9.24. The molecule has 0 unspecified atom stereocenters. The van der Waals surface area contributed by atoms with Crippen LogP contribution in [0.5, 0.6) is 0 Å². The Morgan fingerprint density at radius 1 is 1.20 bits per heavy atom. The van der Waals surface area contributed by atoms with E-state index in [0.29, 0.717) is 27.8 Å². The molecule has 0 fully saturated rings. The number of nitrogens with two attached hydrogens (primary N) is 1. The summed E-state index contributed by atoms with van der Waals surface area (Å²) >= 11 is 6.23. The third kappa shape index (κ3) is 3.85. The van der Waals surface area contributed by atoms with Gasteiger partial charge in [-0.05, 0) is 22.3 Å². The summed E-state index contributed by atoms with van der Waals surface area (Å²) in [6, 6.07) is 3.21. The number of benzene rings is 1. The van der Waals surface area contributed by atoms with Gasteiger partial charge in [0.05, 0.1) is 32.0 Å². The number of aliphatic hydroxyl groups is 3. The normalized spacial score (nSPS) is 10.1. The van der Waals surface area contributed by atoms with Crippen LogP contribution in [0.2, 0.25) is 5.02 Å². The fourth-order valence-electron chi connectivity index (χ4n) is 2.50. The number of aliphatic hydroxyl groups excluding tert-OH is 3. The van der Waals surface area contributed by atoms with Crippen LogP contribution < -0.4 is 5.73 Å². The molecule has 0 aliphatic rings. The van der Waals surface area contributed by atoms with Crippen molar-refractivity contribution in [2.75, 3.05) is 12.8 Å². The number of H-pyrrole nitrogens is 1. The van der Waals surface area contributed by atoms with E-state index < -0.39 is 12.6 Å². The topological polar surface area (TPSA) is 129 Å². The molecule has 0 atom stereocenters. The van der Waals surface area contributed by atoms with Gasteiger partial charge >= 0.3 is 5.97 Å². The van der Waals surface area contributed by atoms with E-state index in [4.69, 9.17) is 17.3 Å². The third-order valence-corrected chi connectivity index (χ3v) is 4.02. The fraction of sp³-hybridized carbons (Fsp3) is 0.235. The first-order valence-corrected chi connectivity index (χ1v) is 7.59. The van der Waals surface area contributed by atoms with Gasteiger partial charge in [0.15, 0.2) is 0 Å². The summed E-state index contributed by atoms with van der Waals surface area (Å²) in [6.07, 6.45) is 0. The van der Waals surface area contributed by atoms with E-state index in [1.807, 2.05) is 0 Å². The van der Waals surface area contributed by atoms with Crippen LogP contribution in [0.1, 0.15) is 27.2 Å². The lowest BCUT2D eigenvalue weighted by Crippen LogP contribution is -2.04. The lowest BCUT2D eigenvalue weighted by atomic mass is 9.93. The molecular weight excluding hydrogens is 348 g/mol. The molecule has 0 spiro atoms. The van der Waals surface area contributed by atoms with E-state index in [1.165, 1.54) is 7.11 Å². The smallest absolute Gasteiger partial charge is 0.356 e. The Morgan fingerprint density at radius 2 is 1.80 bits per heavy atom. The molecule has 8 heteroatoms. The van der Waals surface area contributed by atoms with Crippen LogP contribution in [0, 0.1) is 0 Å². The number of ether oxygens (including phenoxy) is 1. The quantitative estimate of drug-likeness (QED) is 0.405. The Bertz CT molecular complexity index is 758. The Kier molecular flexibility index (Phi) is 7.66. The largest absolute Gasteiger partial charge is 0.464 e. The van der Waals surface area contributed by atoms with Gasteiger partial charge in [-0.3, -0.25) is 0 Å². The summed E-state index contributed by atoms with van der Waals surface area (Å²) in [5.74, 6) is -0.543. The lowest BCUT2D eigenvalue weighted by molar-refractivity contribution is 0.0595. The number of nitrogen functional groups attached to an aromatic ring is 1. The highest BCUT2D eigenvalue weighted by Gasteiger charge is 2.24. The van der Waals surface area contributed by atoms with Crippen molar-refractivity contribution in [3.63, 3.8) is 0 Å². The van der Waals surface area contributed by atoms with Crippen molar-refractivity contribution in [3.8, 4) is 11.1 Å². The Hall–Kier alpha value is -2.32. The van der Waals surface area contributed by atoms with Gasteiger partial charge in [-0.15, -0.1) is 13.2 Å². The molecule has 25 heavy (non-hydrogen) atoms. The highest BCUT2D eigenvalue weighted by Crippen LogP contribution is 2.39. The SMILES string of the molecule is C=C.COC(=O)c1[nH]c(N)c(-c2ccc(CO)c(CO)c2CO)c1Cl. The minimum Gasteiger partial charge on any atom is -0.464 e. The molecule has 0 bridgehead atoms. The molecule has 6 N–H and O–H groups in total. The van der Waals surface area contributed by atoms with Crippen LogP contribution in [0.15, 0.2) is 25.3 Å². The number of carbonyl (C=O) groups is 1. The molecule has 1 aromatic heterocycles. The Balaban J connectivity index is 0.00000151. The molecule has 136 valence electrons. The number of aromatic nitrogens is 1. The van der Waals surface area contributed by atoms with Crippen molar-refractivity contribution in [2.45, 2.75) is 19.8 Å². The average molecular weight is 369 g/mol. The number of aromatic amines is 1. The van der Waals surface area contributed by atoms with Crippen LogP contribution in [-0.4, -0.2) is 33.4 Å². The van der Waals surface area contributed by atoms with Gasteiger partial charge in [0.2, 0.25) is 0 Å². The van der Waals surface area contributed by atoms with Gasteiger partial charge in [0.25, 0.3) is 0 Å². The predicted molar refractivity (Wildman–Crippen MR) is 96.0 cm³/mol. The van der Waals surface area contributed by atoms with Crippen LogP contribution >= 0.6 is 11.6 Å². The van der Waals surface area contributed by atoms with Crippen molar-refractivity contribution >= 4 is 23.4 Å². The Morgan fingerprint density at radius 3 is 2.28 bits per heavy atom. The molecule has 2 aromatic rings. The van der Waals surface area contributed by atoms with Crippen molar-refractivity contribution in [1.29, 1.82) is 0 Å². The van der Waals surface area contributed by atoms with Crippen molar-refractivity contribution < 1.29 is 24.9 Å². The molecule has 0 aliphatic heterocycles. The highest BCUT2D eigenvalue weighted by molar-refractivity contribution is 6.37. The summed E-state index contributed by atoms with van der Waals surface area (Å²) in [4.78, 5) is 14.4. The number of methoxy groups -OCH3 is 1. The summed E-state index contributed by atoms with van der Waals surface area (Å²) in [7, 11) is 1.22. The molecule has 1 heterocycles. The van der Waals surface area contributed by atoms with Gasteiger partial charge < -0.3 is 30.8 Å². The zero-order valence-electron chi connectivity index (χ0n) is 13.8. The van der Waals surface area contributed by atoms with E-state index in [9.17, 15) is 20.1 Å². The standard InChI is InChI=1S/C15H17ClN2O5.C2H4/c1-23-15(22)13-12(16)11(14(17)18-13)8-3-2-7(4-19)9(5-20)10(8)6-21;1-2/h2-3,18-21H,4-6,17H2,1H3;1-2H2. The second-order valence-corrected chi connectivity index (χ2v) is 5.18. The molecule has 1 aromatic carbocycles. The van der Waals surface area contributed by atoms with Crippen molar-refractivity contribution in [2.24, 2.45) is 0 Å².